The van der Waals surface area contributed by atoms with Crippen molar-refractivity contribution in [3.8, 4) is 0 Å². The van der Waals surface area contributed by atoms with Crippen molar-refractivity contribution >= 4 is 12.0 Å². The Morgan fingerprint density at radius 1 is 0.787 bits per heavy atom. The molecule has 0 bridgehead atoms. The van der Waals surface area contributed by atoms with Gasteiger partial charge in [-0.25, -0.2) is 4.79 Å². The molecule has 260 valence electrons. The molecule has 12 heteroatoms. The molecule has 0 radical (unpaired) electrons. The fourth-order valence-electron chi connectivity index (χ4n) is 6.47. The molecule has 0 aliphatic carbocycles. The van der Waals surface area contributed by atoms with Gasteiger partial charge in [0.2, 0.25) is 5.91 Å². The van der Waals surface area contributed by atoms with Crippen molar-refractivity contribution in [2.45, 2.75) is 90.8 Å². The smallest absolute Gasteiger partial charge is 0.416 e. The average Bonchev–Trinajstić information content (AvgIpc) is 2.96. The first kappa shape index (κ1) is 36.6. The zero-order valence-electron chi connectivity index (χ0n) is 27.8. The standard InChI is InChI=1S/C35H45F6N3O3/c1-32(2,3)28-22-43(16-17-44(28)29(45)18-23-12-14-42(15-13-23)31(46)47-33(4,5)6)30(24-10-8-7-9-11-24)25-19-26(34(36,37)38)21-27(20-25)35(39,40)41/h7-11,19-21,23,28,30H,12-18,22H2,1-6H3. The number of nitrogens with zero attached hydrogens (tertiary/aromatic N) is 3. The molecule has 2 atom stereocenters. The van der Waals surface area contributed by atoms with Crippen LogP contribution in [-0.2, 0) is 21.9 Å². The SMILES string of the molecule is CC(C)(C)OC(=O)N1CCC(CC(=O)N2CCN(C(c3ccccc3)c3cc(C(F)(F)F)cc(C(F)(F)F)c3)CC2C(C)(C)C)CC1. The van der Waals surface area contributed by atoms with Crippen LogP contribution in [0.2, 0.25) is 0 Å². The topological polar surface area (TPSA) is 53.1 Å². The van der Waals surface area contributed by atoms with Gasteiger partial charge in [-0.05, 0) is 74.3 Å². The van der Waals surface area contributed by atoms with Crippen LogP contribution >= 0.6 is 0 Å². The van der Waals surface area contributed by atoms with E-state index < -0.39 is 40.5 Å². The zero-order valence-corrected chi connectivity index (χ0v) is 27.8. The molecule has 2 unspecified atom stereocenters. The normalized spacial score (nSPS) is 19.9. The second-order valence-corrected chi connectivity index (χ2v) is 14.7. The van der Waals surface area contributed by atoms with Gasteiger partial charge in [-0.15, -0.1) is 0 Å². The van der Waals surface area contributed by atoms with Crippen LogP contribution in [0, 0.1) is 11.3 Å². The summed E-state index contributed by atoms with van der Waals surface area (Å²) in [4.78, 5) is 31.7. The van der Waals surface area contributed by atoms with E-state index >= 15 is 0 Å². The van der Waals surface area contributed by atoms with Crippen molar-refractivity contribution in [2.75, 3.05) is 32.7 Å². The minimum atomic E-state index is -4.97. The van der Waals surface area contributed by atoms with E-state index in [9.17, 15) is 35.9 Å². The monoisotopic (exact) mass is 669 g/mol. The van der Waals surface area contributed by atoms with E-state index in [1.807, 2.05) is 51.3 Å². The number of alkyl halides is 6. The summed E-state index contributed by atoms with van der Waals surface area (Å²) in [7, 11) is 0. The van der Waals surface area contributed by atoms with Crippen molar-refractivity contribution in [3.63, 3.8) is 0 Å². The second kappa shape index (κ2) is 13.7. The molecule has 4 rings (SSSR count). The Morgan fingerprint density at radius 2 is 1.34 bits per heavy atom. The summed E-state index contributed by atoms with van der Waals surface area (Å²) in [5.41, 5.74) is -3.31. The molecule has 2 aliphatic heterocycles. The first-order chi connectivity index (χ1) is 21.6. The lowest BCUT2D eigenvalue weighted by Crippen LogP contribution is -2.60. The summed E-state index contributed by atoms with van der Waals surface area (Å²) in [5.74, 6) is 0.0257. The van der Waals surface area contributed by atoms with Crippen LogP contribution in [0.4, 0.5) is 31.1 Å². The molecular formula is C35H45F6N3O3. The lowest BCUT2D eigenvalue weighted by Gasteiger charge is -2.50. The highest BCUT2D eigenvalue weighted by Crippen LogP contribution is 2.41. The zero-order chi connectivity index (χ0) is 34.9. The van der Waals surface area contributed by atoms with Crippen LogP contribution in [0.5, 0.6) is 0 Å². The largest absolute Gasteiger partial charge is 0.444 e. The molecular weight excluding hydrogens is 624 g/mol. The molecule has 6 nitrogen and oxygen atoms in total. The summed E-state index contributed by atoms with van der Waals surface area (Å²) in [6, 6.07) is 9.05. The summed E-state index contributed by atoms with van der Waals surface area (Å²) in [6.07, 6.45) is -8.73. The number of hydrogen-bond acceptors (Lipinski definition) is 4. The van der Waals surface area contributed by atoms with Gasteiger partial charge in [0, 0.05) is 45.2 Å². The average molecular weight is 670 g/mol. The van der Waals surface area contributed by atoms with Gasteiger partial charge in [0.15, 0.2) is 0 Å². The predicted octanol–water partition coefficient (Wildman–Crippen LogP) is 8.41. The van der Waals surface area contributed by atoms with Crippen LogP contribution in [0.15, 0.2) is 48.5 Å². The highest BCUT2D eigenvalue weighted by atomic mass is 19.4. The third-order valence-electron chi connectivity index (χ3n) is 8.87. The van der Waals surface area contributed by atoms with Gasteiger partial charge >= 0.3 is 18.4 Å². The Bertz CT molecular complexity index is 1360. The number of hydrogen-bond donors (Lipinski definition) is 0. The highest BCUT2D eigenvalue weighted by molar-refractivity contribution is 5.77. The first-order valence-electron chi connectivity index (χ1n) is 16.0. The molecule has 0 aromatic heterocycles. The van der Waals surface area contributed by atoms with Gasteiger partial charge in [0.25, 0.3) is 0 Å². The van der Waals surface area contributed by atoms with E-state index in [2.05, 4.69) is 0 Å². The second-order valence-electron chi connectivity index (χ2n) is 14.7. The van der Waals surface area contributed by atoms with Gasteiger partial charge in [-0.1, -0.05) is 51.1 Å². The number of ether oxygens (including phenoxy) is 1. The number of likely N-dealkylation sites (tertiary alicyclic amines) is 1. The summed E-state index contributed by atoms with van der Waals surface area (Å²) < 4.78 is 88.7. The molecule has 2 saturated heterocycles. The fourth-order valence-corrected chi connectivity index (χ4v) is 6.47. The minimum Gasteiger partial charge on any atom is -0.444 e. The maximum atomic E-state index is 13.9. The van der Waals surface area contributed by atoms with Crippen LogP contribution in [0.1, 0.15) is 89.1 Å². The molecule has 2 aromatic carbocycles. The Balaban J connectivity index is 1.58. The summed E-state index contributed by atoms with van der Waals surface area (Å²) >= 11 is 0. The number of amides is 2. The van der Waals surface area contributed by atoms with Crippen LogP contribution < -0.4 is 0 Å². The molecule has 2 aromatic rings. The number of piperidine rings is 1. The van der Waals surface area contributed by atoms with Crippen molar-refractivity contribution in [3.05, 3.63) is 70.8 Å². The predicted molar refractivity (Wildman–Crippen MR) is 166 cm³/mol. The molecule has 0 saturated carbocycles. The van der Waals surface area contributed by atoms with Gasteiger partial charge < -0.3 is 14.5 Å². The van der Waals surface area contributed by atoms with Crippen molar-refractivity contribution in [1.82, 2.24) is 14.7 Å². The number of piperazine rings is 1. The molecule has 2 aliphatic rings. The van der Waals surface area contributed by atoms with Gasteiger partial charge in [-0.3, -0.25) is 9.69 Å². The first-order valence-corrected chi connectivity index (χ1v) is 16.0. The molecule has 0 N–H and O–H groups in total. The number of carbonyl (C=O) groups excluding carboxylic acids is 2. The summed E-state index contributed by atoms with van der Waals surface area (Å²) in [6.45, 7) is 13.1. The van der Waals surface area contributed by atoms with Crippen LogP contribution in [0.3, 0.4) is 0 Å². The van der Waals surface area contributed by atoms with Gasteiger partial charge in [0.05, 0.1) is 17.2 Å². The maximum Gasteiger partial charge on any atom is 0.416 e. The van der Waals surface area contributed by atoms with E-state index in [0.717, 1.165) is 12.1 Å². The Morgan fingerprint density at radius 3 is 1.83 bits per heavy atom. The lowest BCUT2D eigenvalue weighted by molar-refractivity contribution is -0.144. The molecule has 0 spiro atoms. The quantitative estimate of drug-likeness (QED) is 0.300. The van der Waals surface area contributed by atoms with E-state index in [0.29, 0.717) is 37.9 Å². The van der Waals surface area contributed by atoms with Gasteiger partial charge in [0.1, 0.15) is 5.60 Å². The van der Waals surface area contributed by atoms with E-state index in [-0.39, 0.29) is 55.2 Å². The number of carbonyl (C=O) groups is 2. The van der Waals surface area contributed by atoms with E-state index in [1.54, 1.807) is 35.2 Å². The highest BCUT2D eigenvalue weighted by Gasteiger charge is 2.43. The van der Waals surface area contributed by atoms with Crippen LogP contribution in [0.25, 0.3) is 0 Å². The van der Waals surface area contributed by atoms with Crippen LogP contribution in [-0.4, -0.2) is 71.1 Å². The van der Waals surface area contributed by atoms with Crippen molar-refractivity contribution < 1.29 is 40.7 Å². The van der Waals surface area contributed by atoms with Crippen molar-refractivity contribution in [1.29, 1.82) is 0 Å². The molecule has 2 heterocycles. The van der Waals surface area contributed by atoms with Crippen molar-refractivity contribution in [2.24, 2.45) is 11.3 Å². The Kier molecular flexibility index (Phi) is 10.6. The lowest BCUT2D eigenvalue weighted by atomic mass is 9.82. The molecule has 2 amide bonds. The minimum absolute atomic E-state index is 0.0463. The number of benzene rings is 2. The maximum absolute atomic E-state index is 13.9. The fraction of sp³-hybridized carbons (Fsp3) is 0.600. The molecule has 47 heavy (non-hydrogen) atoms. The third-order valence-corrected chi connectivity index (χ3v) is 8.87. The van der Waals surface area contributed by atoms with E-state index in [4.69, 9.17) is 4.74 Å². The Hall–Kier alpha value is -3.28. The number of rotatable bonds is 5. The van der Waals surface area contributed by atoms with Gasteiger partial charge in [-0.2, -0.15) is 26.3 Å². The van der Waals surface area contributed by atoms with E-state index in [1.165, 1.54) is 0 Å². The summed E-state index contributed by atoms with van der Waals surface area (Å²) in [5, 5.41) is 0. The number of halogens is 6. The Labute approximate surface area is 273 Å². The molecule has 2 fully saturated rings. The third kappa shape index (κ3) is 9.42.